The number of non-ortho nitro benzene ring substituents is 1. The number of nitro benzene ring substituents is 1. The van der Waals surface area contributed by atoms with Crippen molar-refractivity contribution < 1.29 is 13.7 Å². The molecule has 1 aromatic carbocycles. The fraction of sp³-hybridized carbons (Fsp3) is 0.154. The lowest BCUT2D eigenvalue weighted by atomic mass is 10.2. The second-order valence-electron chi connectivity index (χ2n) is 4.17. The molecule has 0 amide bonds. The molecule has 0 fully saturated rings. The van der Waals surface area contributed by atoms with Gasteiger partial charge in [0, 0.05) is 5.69 Å². The zero-order chi connectivity index (χ0) is 14.7. The first-order valence-corrected chi connectivity index (χ1v) is 5.77. The van der Waals surface area contributed by atoms with Crippen molar-refractivity contribution in [3.63, 3.8) is 0 Å². The number of hydrogen-bond donors (Lipinski definition) is 1. The molecule has 0 saturated carbocycles. The first-order valence-electron chi connectivity index (χ1n) is 5.77. The van der Waals surface area contributed by atoms with Gasteiger partial charge in [0.2, 0.25) is 0 Å². The molecule has 0 aliphatic heterocycles. The van der Waals surface area contributed by atoms with Gasteiger partial charge in [-0.3, -0.25) is 15.1 Å². The van der Waals surface area contributed by atoms with E-state index >= 15 is 0 Å². The zero-order valence-electron chi connectivity index (χ0n) is 10.6. The van der Waals surface area contributed by atoms with Crippen LogP contribution in [0.1, 0.15) is 11.4 Å². The van der Waals surface area contributed by atoms with Gasteiger partial charge in [-0.05, 0) is 19.1 Å². The molecular weight excluding hydrogens is 268 g/mol. The summed E-state index contributed by atoms with van der Waals surface area (Å²) in [4.78, 5) is 13.8. The van der Waals surface area contributed by atoms with Crippen molar-refractivity contribution >= 4 is 11.4 Å². The van der Waals surface area contributed by atoms with Gasteiger partial charge in [0.25, 0.3) is 5.69 Å². The third-order valence-electron chi connectivity index (χ3n) is 2.63. The highest BCUT2D eigenvalue weighted by Gasteiger charge is 2.16. The molecule has 2 aromatic rings. The van der Waals surface area contributed by atoms with Crippen LogP contribution < -0.4 is 5.32 Å². The molecule has 0 saturated heterocycles. The van der Waals surface area contributed by atoms with E-state index in [0.717, 1.165) is 5.69 Å². The number of nitro groups is 1. The normalized spacial score (nSPS) is 10.3. The molecule has 5 nitrogen and oxygen atoms in total. The summed E-state index contributed by atoms with van der Waals surface area (Å²) in [5.41, 5.74) is 0.370. The van der Waals surface area contributed by atoms with E-state index in [1.165, 1.54) is 0 Å². The number of nitrogens with one attached hydrogen (secondary N) is 1. The summed E-state index contributed by atoms with van der Waals surface area (Å²) in [5.74, 6) is -2.02. The Morgan fingerprint density at radius 3 is 2.50 bits per heavy atom. The molecule has 0 bridgehead atoms. The van der Waals surface area contributed by atoms with Crippen LogP contribution in [0.4, 0.5) is 20.2 Å². The molecule has 0 radical (unpaired) electrons. The summed E-state index contributed by atoms with van der Waals surface area (Å²) in [6.07, 6.45) is 0. The van der Waals surface area contributed by atoms with E-state index in [-0.39, 0.29) is 6.54 Å². The van der Waals surface area contributed by atoms with E-state index in [1.807, 2.05) is 0 Å². The van der Waals surface area contributed by atoms with E-state index in [4.69, 9.17) is 0 Å². The van der Waals surface area contributed by atoms with Gasteiger partial charge in [0.15, 0.2) is 11.6 Å². The third kappa shape index (κ3) is 3.05. The van der Waals surface area contributed by atoms with E-state index in [1.54, 1.807) is 25.1 Å². The highest BCUT2D eigenvalue weighted by atomic mass is 19.1. The maximum Gasteiger partial charge on any atom is 0.275 e. The summed E-state index contributed by atoms with van der Waals surface area (Å²) in [6.45, 7) is 1.92. The van der Waals surface area contributed by atoms with Crippen LogP contribution in [0.2, 0.25) is 0 Å². The summed E-state index contributed by atoms with van der Waals surface area (Å²) in [6, 6.07) is 6.64. The number of benzene rings is 1. The van der Waals surface area contributed by atoms with E-state index in [0.29, 0.717) is 17.8 Å². The van der Waals surface area contributed by atoms with Crippen LogP contribution in [0.3, 0.4) is 0 Å². The van der Waals surface area contributed by atoms with Crippen molar-refractivity contribution in [1.82, 2.24) is 4.98 Å². The Hall–Kier alpha value is -2.57. The summed E-state index contributed by atoms with van der Waals surface area (Å²) >= 11 is 0. The molecule has 1 aromatic heterocycles. The Labute approximate surface area is 113 Å². The summed E-state index contributed by atoms with van der Waals surface area (Å²) in [5, 5.41) is 13.0. The Bertz CT molecular complexity index is 639. The third-order valence-corrected chi connectivity index (χ3v) is 2.63. The predicted molar refractivity (Wildman–Crippen MR) is 69.3 cm³/mol. The van der Waals surface area contributed by atoms with Gasteiger partial charge in [-0.15, -0.1) is 0 Å². The lowest BCUT2D eigenvalue weighted by Crippen LogP contribution is -2.06. The van der Waals surface area contributed by atoms with Crippen LogP contribution >= 0.6 is 0 Å². The topological polar surface area (TPSA) is 68.1 Å². The Morgan fingerprint density at radius 2 is 1.95 bits per heavy atom. The molecule has 0 spiro atoms. The van der Waals surface area contributed by atoms with Crippen LogP contribution in [-0.4, -0.2) is 9.91 Å². The van der Waals surface area contributed by atoms with Crippen molar-refractivity contribution in [2.24, 2.45) is 0 Å². The lowest BCUT2D eigenvalue weighted by Gasteiger charge is -2.08. The minimum atomic E-state index is -1.01. The van der Waals surface area contributed by atoms with Gasteiger partial charge in [0.1, 0.15) is 5.69 Å². The standard InChI is InChI=1S/C13H11F2N3O2/c1-8-3-2-4-9(17-8)7-16-13-11(14)5-10(18(19)20)6-12(13)15/h2-6,16H,7H2,1H3. The molecule has 0 unspecified atom stereocenters. The number of pyridine rings is 1. The van der Waals surface area contributed by atoms with Gasteiger partial charge in [0.05, 0.1) is 29.3 Å². The quantitative estimate of drug-likeness (QED) is 0.689. The number of aromatic nitrogens is 1. The van der Waals surface area contributed by atoms with Gasteiger partial charge in [-0.2, -0.15) is 0 Å². The molecular formula is C13H11F2N3O2. The van der Waals surface area contributed by atoms with Gasteiger partial charge in [-0.25, -0.2) is 8.78 Å². The molecule has 20 heavy (non-hydrogen) atoms. The number of hydrogen-bond acceptors (Lipinski definition) is 4. The number of anilines is 1. The smallest absolute Gasteiger partial charge is 0.275 e. The Balaban J connectivity index is 2.20. The van der Waals surface area contributed by atoms with Crippen molar-refractivity contribution in [2.45, 2.75) is 13.5 Å². The summed E-state index contributed by atoms with van der Waals surface area (Å²) in [7, 11) is 0. The average Bonchev–Trinajstić information content (AvgIpc) is 2.37. The largest absolute Gasteiger partial charge is 0.375 e. The number of aryl methyl sites for hydroxylation is 1. The fourth-order valence-electron chi connectivity index (χ4n) is 1.71. The number of nitrogens with zero attached hydrogens (tertiary/aromatic N) is 2. The molecule has 0 aliphatic rings. The highest BCUT2D eigenvalue weighted by molar-refractivity contribution is 5.51. The first kappa shape index (κ1) is 13.9. The number of halogens is 2. The maximum atomic E-state index is 13.6. The van der Waals surface area contributed by atoms with Gasteiger partial charge >= 0.3 is 0 Å². The van der Waals surface area contributed by atoms with Crippen LogP contribution in [0.15, 0.2) is 30.3 Å². The SMILES string of the molecule is Cc1cccc(CNc2c(F)cc([N+](=O)[O-])cc2F)n1. The van der Waals surface area contributed by atoms with Crippen molar-refractivity contribution in [2.75, 3.05) is 5.32 Å². The van der Waals surface area contributed by atoms with Gasteiger partial charge in [-0.1, -0.05) is 6.07 Å². The molecule has 2 rings (SSSR count). The molecule has 0 aliphatic carbocycles. The van der Waals surface area contributed by atoms with Crippen molar-refractivity contribution in [1.29, 1.82) is 0 Å². The van der Waals surface area contributed by atoms with E-state index in [9.17, 15) is 18.9 Å². The highest BCUT2D eigenvalue weighted by Crippen LogP contribution is 2.25. The molecule has 0 atom stereocenters. The fourth-order valence-corrected chi connectivity index (χ4v) is 1.71. The van der Waals surface area contributed by atoms with Crippen LogP contribution in [0.5, 0.6) is 0 Å². The molecule has 1 heterocycles. The monoisotopic (exact) mass is 279 g/mol. The average molecular weight is 279 g/mol. The second kappa shape index (κ2) is 5.60. The van der Waals surface area contributed by atoms with Gasteiger partial charge < -0.3 is 5.32 Å². The van der Waals surface area contributed by atoms with E-state index < -0.39 is 27.9 Å². The van der Waals surface area contributed by atoms with Crippen molar-refractivity contribution in [3.8, 4) is 0 Å². The Kier molecular flexibility index (Phi) is 3.88. The minimum absolute atomic E-state index is 0.118. The molecule has 7 heteroatoms. The van der Waals surface area contributed by atoms with Crippen LogP contribution in [0.25, 0.3) is 0 Å². The van der Waals surface area contributed by atoms with E-state index in [2.05, 4.69) is 10.3 Å². The Morgan fingerprint density at radius 1 is 1.30 bits per heavy atom. The predicted octanol–water partition coefficient (Wildman–Crippen LogP) is 3.19. The maximum absolute atomic E-state index is 13.6. The summed E-state index contributed by atoms with van der Waals surface area (Å²) < 4.78 is 27.3. The first-order chi connectivity index (χ1) is 9.47. The zero-order valence-corrected chi connectivity index (χ0v) is 10.6. The molecule has 104 valence electrons. The van der Waals surface area contributed by atoms with Crippen LogP contribution in [0, 0.1) is 28.7 Å². The second-order valence-corrected chi connectivity index (χ2v) is 4.17. The minimum Gasteiger partial charge on any atom is -0.375 e. The van der Waals surface area contributed by atoms with Crippen molar-refractivity contribution in [3.05, 3.63) is 63.5 Å². The van der Waals surface area contributed by atoms with Crippen LogP contribution in [-0.2, 0) is 6.54 Å². The number of rotatable bonds is 4. The molecule has 1 N–H and O–H groups in total. The lowest BCUT2D eigenvalue weighted by molar-refractivity contribution is -0.385.